The van der Waals surface area contributed by atoms with Crippen molar-refractivity contribution < 1.29 is 9.45 Å². The lowest BCUT2D eigenvalue weighted by Crippen LogP contribution is -2.06. The second-order valence-electron chi connectivity index (χ2n) is 4.74. The third-order valence-corrected chi connectivity index (χ3v) is 4.14. The second kappa shape index (κ2) is 5.68. The van der Waals surface area contributed by atoms with Gasteiger partial charge >= 0.3 is 5.69 Å². The number of aromatic nitrogens is 4. The summed E-state index contributed by atoms with van der Waals surface area (Å²) < 4.78 is 6.80. The zero-order valence-corrected chi connectivity index (χ0v) is 12.8. The average molecular weight is 319 g/mol. The monoisotopic (exact) mass is 319 g/mol. The van der Waals surface area contributed by atoms with E-state index in [1.165, 1.54) is 11.3 Å². The van der Waals surface area contributed by atoms with Crippen molar-refractivity contribution >= 4 is 17.0 Å². The smallest absolute Gasteiger partial charge is 0.312 e. The lowest BCUT2D eigenvalue weighted by atomic mass is 10.3. The molecule has 0 aromatic carbocycles. The summed E-state index contributed by atoms with van der Waals surface area (Å²) in [5.74, 6) is 1.04. The number of nitro groups is 1. The number of rotatable bonds is 5. The summed E-state index contributed by atoms with van der Waals surface area (Å²) in [6.45, 7) is 3.76. The molecular formula is C13H13N5O3S. The van der Waals surface area contributed by atoms with Gasteiger partial charge in [0.15, 0.2) is 0 Å². The van der Waals surface area contributed by atoms with Crippen molar-refractivity contribution in [3.8, 4) is 10.7 Å². The summed E-state index contributed by atoms with van der Waals surface area (Å²) in [5.41, 5.74) is 0.998. The van der Waals surface area contributed by atoms with Gasteiger partial charge in [0.1, 0.15) is 11.4 Å². The Morgan fingerprint density at radius 1 is 1.45 bits per heavy atom. The van der Waals surface area contributed by atoms with Crippen molar-refractivity contribution in [1.82, 2.24) is 19.9 Å². The van der Waals surface area contributed by atoms with Crippen LogP contribution < -0.4 is 0 Å². The Kier molecular flexibility index (Phi) is 3.72. The molecule has 0 aliphatic rings. The van der Waals surface area contributed by atoms with E-state index in [1.807, 2.05) is 17.5 Å². The molecule has 0 unspecified atom stereocenters. The summed E-state index contributed by atoms with van der Waals surface area (Å²) in [4.78, 5) is 15.8. The molecule has 0 saturated heterocycles. The first kappa shape index (κ1) is 14.4. The molecule has 3 aromatic heterocycles. The average Bonchev–Trinajstić information content (AvgIpc) is 3.16. The standard InChI is InChI=1S/C13H13N5O3S/c1-8-12(18(19)20)9(2)17(15-8)6-5-11-14-13(16-21-11)10-4-3-7-22-10/h3-4,7H,5-6H2,1-2H3. The van der Waals surface area contributed by atoms with Crippen LogP contribution in [-0.2, 0) is 13.0 Å². The van der Waals surface area contributed by atoms with E-state index in [9.17, 15) is 10.1 Å². The maximum Gasteiger partial charge on any atom is 0.312 e. The maximum absolute atomic E-state index is 11.0. The Hall–Kier alpha value is -2.55. The fraction of sp³-hybridized carbons (Fsp3) is 0.308. The summed E-state index contributed by atoms with van der Waals surface area (Å²) in [6.07, 6.45) is 0.470. The van der Waals surface area contributed by atoms with Crippen molar-refractivity contribution in [1.29, 1.82) is 0 Å². The molecule has 0 atom stereocenters. The molecule has 114 valence electrons. The van der Waals surface area contributed by atoms with Gasteiger partial charge in [0.2, 0.25) is 11.7 Å². The topological polar surface area (TPSA) is 99.9 Å². The molecule has 9 heteroatoms. The SMILES string of the molecule is Cc1nn(CCc2nc(-c3cccs3)no2)c(C)c1[N+](=O)[O-]. The van der Waals surface area contributed by atoms with Gasteiger partial charge in [0, 0.05) is 6.42 Å². The molecule has 0 aliphatic carbocycles. The molecule has 0 fully saturated rings. The van der Waals surface area contributed by atoms with Crippen LogP contribution in [0.2, 0.25) is 0 Å². The van der Waals surface area contributed by atoms with Crippen LogP contribution in [-0.4, -0.2) is 24.8 Å². The van der Waals surface area contributed by atoms with E-state index in [0.717, 1.165) is 4.88 Å². The van der Waals surface area contributed by atoms with Crippen molar-refractivity contribution in [2.75, 3.05) is 0 Å². The number of aryl methyl sites for hydroxylation is 3. The predicted octanol–water partition coefficient (Wildman–Crippen LogP) is 2.76. The minimum absolute atomic E-state index is 0.0600. The van der Waals surface area contributed by atoms with Crippen LogP contribution in [0.3, 0.4) is 0 Å². The highest BCUT2D eigenvalue weighted by Gasteiger charge is 2.21. The second-order valence-corrected chi connectivity index (χ2v) is 5.69. The lowest BCUT2D eigenvalue weighted by molar-refractivity contribution is -0.386. The van der Waals surface area contributed by atoms with Gasteiger partial charge < -0.3 is 4.52 Å². The van der Waals surface area contributed by atoms with Crippen LogP contribution in [0.4, 0.5) is 5.69 Å². The van der Waals surface area contributed by atoms with Gasteiger partial charge in [0.05, 0.1) is 16.3 Å². The number of hydrogen-bond acceptors (Lipinski definition) is 7. The van der Waals surface area contributed by atoms with Gasteiger partial charge in [-0.15, -0.1) is 11.3 Å². The summed E-state index contributed by atoms with van der Waals surface area (Å²) in [6, 6.07) is 3.84. The van der Waals surface area contributed by atoms with Crippen LogP contribution in [0.15, 0.2) is 22.0 Å². The van der Waals surface area contributed by atoms with E-state index < -0.39 is 4.92 Å². The molecule has 3 aromatic rings. The van der Waals surface area contributed by atoms with Crippen molar-refractivity contribution in [3.63, 3.8) is 0 Å². The minimum atomic E-state index is -0.407. The molecule has 0 amide bonds. The first-order valence-electron chi connectivity index (χ1n) is 6.61. The van der Waals surface area contributed by atoms with Crippen molar-refractivity contribution in [3.05, 3.63) is 44.9 Å². The fourth-order valence-electron chi connectivity index (χ4n) is 2.23. The molecule has 8 nitrogen and oxygen atoms in total. The highest BCUT2D eigenvalue weighted by Crippen LogP contribution is 2.23. The Morgan fingerprint density at radius 3 is 2.91 bits per heavy atom. The van der Waals surface area contributed by atoms with Crippen molar-refractivity contribution in [2.45, 2.75) is 26.8 Å². The fourth-order valence-corrected chi connectivity index (χ4v) is 2.88. The highest BCUT2D eigenvalue weighted by atomic mass is 32.1. The zero-order chi connectivity index (χ0) is 15.7. The molecule has 3 rings (SSSR count). The first-order valence-corrected chi connectivity index (χ1v) is 7.49. The van der Waals surface area contributed by atoms with Crippen molar-refractivity contribution in [2.24, 2.45) is 0 Å². The molecule has 0 radical (unpaired) electrons. The van der Waals surface area contributed by atoms with Crippen LogP contribution in [0.5, 0.6) is 0 Å². The molecule has 0 bridgehead atoms. The van der Waals surface area contributed by atoms with Gasteiger partial charge in [-0.3, -0.25) is 14.8 Å². The molecule has 3 heterocycles. The molecule has 0 spiro atoms. The molecule has 0 aliphatic heterocycles. The number of thiophene rings is 1. The molecule has 0 saturated carbocycles. The minimum Gasteiger partial charge on any atom is -0.339 e. The first-order chi connectivity index (χ1) is 10.6. The van der Waals surface area contributed by atoms with Crippen LogP contribution >= 0.6 is 11.3 Å². The van der Waals surface area contributed by atoms with E-state index in [1.54, 1.807) is 18.5 Å². The molecule has 0 N–H and O–H groups in total. The van der Waals surface area contributed by atoms with E-state index in [2.05, 4.69) is 15.2 Å². The largest absolute Gasteiger partial charge is 0.339 e. The summed E-state index contributed by atoms with van der Waals surface area (Å²) in [7, 11) is 0. The van der Waals surface area contributed by atoms with E-state index in [4.69, 9.17) is 4.52 Å². The maximum atomic E-state index is 11.0. The number of nitrogens with zero attached hydrogens (tertiary/aromatic N) is 5. The highest BCUT2D eigenvalue weighted by molar-refractivity contribution is 7.13. The normalized spacial score (nSPS) is 11.0. The van der Waals surface area contributed by atoms with Gasteiger partial charge in [-0.25, -0.2) is 0 Å². The van der Waals surface area contributed by atoms with E-state index >= 15 is 0 Å². The Labute approximate surface area is 129 Å². The third-order valence-electron chi connectivity index (χ3n) is 3.27. The Morgan fingerprint density at radius 2 is 2.27 bits per heavy atom. The summed E-state index contributed by atoms with van der Waals surface area (Å²) in [5, 5.41) is 21.0. The van der Waals surface area contributed by atoms with Gasteiger partial charge in [-0.05, 0) is 25.3 Å². The summed E-state index contributed by atoms with van der Waals surface area (Å²) >= 11 is 1.54. The molecule has 22 heavy (non-hydrogen) atoms. The van der Waals surface area contributed by atoms with E-state index in [0.29, 0.717) is 36.1 Å². The molecular weight excluding hydrogens is 306 g/mol. The quantitative estimate of drug-likeness (QED) is 0.529. The lowest BCUT2D eigenvalue weighted by Gasteiger charge is -2.00. The Balaban J connectivity index is 1.73. The van der Waals surface area contributed by atoms with Crippen LogP contribution in [0, 0.1) is 24.0 Å². The number of hydrogen-bond donors (Lipinski definition) is 0. The Bertz CT molecular complexity index is 806. The van der Waals surface area contributed by atoms with Crippen LogP contribution in [0.25, 0.3) is 10.7 Å². The van der Waals surface area contributed by atoms with Gasteiger partial charge in [0.25, 0.3) is 0 Å². The zero-order valence-electron chi connectivity index (χ0n) is 12.0. The van der Waals surface area contributed by atoms with Gasteiger partial charge in [-0.1, -0.05) is 11.2 Å². The van der Waals surface area contributed by atoms with Gasteiger partial charge in [-0.2, -0.15) is 10.1 Å². The van der Waals surface area contributed by atoms with Crippen LogP contribution in [0.1, 0.15) is 17.3 Å². The predicted molar refractivity (Wildman–Crippen MR) is 79.7 cm³/mol. The van der Waals surface area contributed by atoms with E-state index in [-0.39, 0.29) is 5.69 Å². The third kappa shape index (κ3) is 2.62.